The quantitative estimate of drug-likeness (QED) is 0.790. The van der Waals surface area contributed by atoms with E-state index in [1.54, 1.807) is 12.1 Å². The summed E-state index contributed by atoms with van der Waals surface area (Å²) in [5.41, 5.74) is 0.428. The van der Waals surface area contributed by atoms with Crippen molar-refractivity contribution < 1.29 is 24.2 Å². The van der Waals surface area contributed by atoms with Gasteiger partial charge in [0, 0.05) is 30.3 Å². The molecular formula is C18H24N2O5. The molecule has 2 N–H and O–H groups in total. The average molecular weight is 348 g/mol. The second-order valence-electron chi connectivity index (χ2n) is 6.65. The molecule has 0 aromatic carbocycles. The number of nitrogens with zero attached hydrogens (tertiary/aromatic N) is 1. The summed E-state index contributed by atoms with van der Waals surface area (Å²) < 4.78 is 11.0. The highest BCUT2D eigenvalue weighted by Crippen LogP contribution is 2.24. The normalized spacial score (nSPS) is 26.6. The Morgan fingerprint density at radius 2 is 2.08 bits per heavy atom. The molecule has 1 saturated heterocycles. The van der Waals surface area contributed by atoms with E-state index < -0.39 is 11.9 Å². The summed E-state index contributed by atoms with van der Waals surface area (Å²) in [7, 11) is 0. The van der Waals surface area contributed by atoms with Crippen molar-refractivity contribution >= 4 is 11.9 Å². The summed E-state index contributed by atoms with van der Waals surface area (Å²) in [6.07, 6.45) is 6.42. The Morgan fingerprint density at radius 1 is 1.24 bits per heavy atom. The number of hydrogen-bond donors (Lipinski definition) is 2. The third-order valence-corrected chi connectivity index (χ3v) is 4.82. The van der Waals surface area contributed by atoms with Crippen LogP contribution >= 0.6 is 0 Å². The van der Waals surface area contributed by atoms with Crippen LogP contribution in [0.15, 0.2) is 18.3 Å². The van der Waals surface area contributed by atoms with Crippen LogP contribution in [-0.4, -0.2) is 47.3 Å². The first kappa shape index (κ1) is 17.7. The molecule has 3 rings (SSSR count). The third kappa shape index (κ3) is 4.69. The minimum Gasteiger partial charge on any atom is -0.481 e. The monoisotopic (exact) mass is 348 g/mol. The number of ether oxygens (including phenoxy) is 2. The lowest BCUT2D eigenvalue weighted by atomic mass is 9.94. The Bertz CT molecular complexity index is 615. The van der Waals surface area contributed by atoms with E-state index in [9.17, 15) is 14.7 Å². The molecule has 3 atom stereocenters. The smallest absolute Gasteiger partial charge is 0.308 e. The maximum Gasteiger partial charge on any atom is 0.308 e. The van der Waals surface area contributed by atoms with Crippen LogP contribution in [0.3, 0.4) is 0 Å². The number of rotatable bonds is 5. The SMILES string of the molecule is O=C(N[C@H]1CCCCC[C@H]1C(=O)O)c1ccnc(OC2CCOC2)c1. The van der Waals surface area contributed by atoms with Gasteiger partial charge in [0.2, 0.25) is 5.88 Å². The fraction of sp³-hybridized carbons (Fsp3) is 0.611. The Labute approximate surface area is 146 Å². The lowest BCUT2D eigenvalue weighted by molar-refractivity contribution is -0.142. The van der Waals surface area contributed by atoms with Gasteiger partial charge < -0.3 is 19.9 Å². The summed E-state index contributed by atoms with van der Waals surface area (Å²) in [6, 6.07) is 2.87. The molecule has 2 fully saturated rings. The topological polar surface area (TPSA) is 97.8 Å². The van der Waals surface area contributed by atoms with E-state index in [1.165, 1.54) is 6.20 Å². The van der Waals surface area contributed by atoms with Gasteiger partial charge in [0.1, 0.15) is 6.10 Å². The van der Waals surface area contributed by atoms with E-state index in [2.05, 4.69) is 10.3 Å². The van der Waals surface area contributed by atoms with Gasteiger partial charge in [0.05, 0.1) is 19.1 Å². The first-order valence-electron chi connectivity index (χ1n) is 8.87. The van der Waals surface area contributed by atoms with Crippen LogP contribution in [-0.2, 0) is 9.53 Å². The van der Waals surface area contributed by atoms with Crippen molar-refractivity contribution in [1.82, 2.24) is 10.3 Å². The van der Waals surface area contributed by atoms with E-state index in [0.717, 1.165) is 25.7 Å². The molecule has 0 radical (unpaired) electrons. The molecule has 1 aliphatic carbocycles. The molecule has 1 saturated carbocycles. The van der Waals surface area contributed by atoms with E-state index in [0.29, 0.717) is 37.5 Å². The Kier molecular flexibility index (Phi) is 5.86. The zero-order valence-corrected chi connectivity index (χ0v) is 14.1. The van der Waals surface area contributed by atoms with Crippen LogP contribution in [0.1, 0.15) is 48.9 Å². The van der Waals surface area contributed by atoms with Gasteiger partial charge in [0.25, 0.3) is 5.91 Å². The number of hydrogen-bond acceptors (Lipinski definition) is 5. The molecule has 1 unspecified atom stereocenters. The third-order valence-electron chi connectivity index (χ3n) is 4.82. The second kappa shape index (κ2) is 8.29. The maximum atomic E-state index is 12.6. The molecule has 2 heterocycles. The first-order valence-corrected chi connectivity index (χ1v) is 8.87. The van der Waals surface area contributed by atoms with Crippen LogP contribution in [0.5, 0.6) is 5.88 Å². The standard InChI is InChI=1S/C18H24N2O5/c21-17(20-15-5-3-1-2-4-14(15)18(22)23)12-6-8-19-16(10-12)25-13-7-9-24-11-13/h6,8,10,13-15H,1-5,7,9,11H2,(H,20,21)(H,22,23)/t13?,14-,15+/m1/s1. The minimum atomic E-state index is -0.841. The second-order valence-corrected chi connectivity index (χ2v) is 6.65. The number of aliphatic carboxylic acids is 1. The molecule has 2 aliphatic rings. The van der Waals surface area contributed by atoms with Gasteiger partial charge in [-0.15, -0.1) is 0 Å². The maximum absolute atomic E-state index is 12.6. The van der Waals surface area contributed by atoms with Crippen LogP contribution in [0.25, 0.3) is 0 Å². The van der Waals surface area contributed by atoms with Crippen molar-refractivity contribution in [1.29, 1.82) is 0 Å². The Hall–Kier alpha value is -2.15. The van der Waals surface area contributed by atoms with Gasteiger partial charge in [-0.3, -0.25) is 9.59 Å². The summed E-state index contributed by atoms with van der Waals surface area (Å²) in [5, 5.41) is 12.3. The van der Waals surface area contributed by atoms with Crippen molar-refractivity contribution in [2.75, 3.05) is 13.2 Å². The van der Waals surface area contributed by atoms with Crippen molar-refractivity contribution in [2.45, 2.75) is 50.7 Å². The highest BCUT2D eigenvalue weighted by atomic mass is 16.5. The summed E-state index contributed by atoms with van der Waals surface area (Å²) in [5.74, 6) is -1.27. The minimum absolute atomic E-state index is 0.0379. The molecular weight excluding hydrogens is 324 g/mol. The van der Waals surface area contributed by atoms with Crippen LogP contribution < -0.4 is 10.1 Å². The number of carboxylic acids is 1. The molecule has 0 bridgehead atoms. The number of pyridine rings is 1. The summed E-state index contributed by atoms with van der Waals surface area (Å²) in [6.45, 7) is 1.20. The lowest BCUT2D eigenvalue weighted by Crippen LogP contribution is -2.42. The molecule has 1 aliphatic heterocycles. The molecule has 0 spiro atoms. The Morgan fingerprint density at radius 3 is 2.84 bits per heavy atom. The highest BCUT2D eigenvalue weighted by molar-refractivity contribution is 5.94. The molecule has 7 nitrogen and oxygen atoms in total. The lowest BCUT2D eigenvalue weighted by Gasteiger charge is -2.23. The predicted octanol–water partition coefficient (Wildman–Crippen LogP) is 2.01. The number of carbonyl (C=O) groups is 2. The summed E-state index contributed by atoms with van der Waals surface area (Å²) in [4.78, 5) is 28.2. The van der Waals surface area contributed by atoms with Gasteiger partial charge in [0.15, 0.2) is 0 Å². The van der Waals surface area contributed by atoms with Crippen molar-refractivity contribution in [2.24, 2.45) is 5.92 Å². The van der Waals surface area contributed by atoms with Gasteiger partial charge in [-0.05, 0) is 18.9 Å². The van der Waals surface area contributed by atoms with Crippen LogP contribution in [0.4, 0.5) is 0 Å². The van der Waals surface area contributed by atoms with E-state index in [4.69, 9.17) is 9.47 Å². The van der Waals surface area contributed by atoms with Crippen molar-refractivity contribution in [3.63, 3.8) is 0 Å². The zero-order chi connectivity index (χ0) is 17.6. The van der Waals surface area contributed by atoms with Crippen molar-refractivity contribution in [3.05, 3.63) is 23.9 Å². The van der Waals surface area contributed by atoms with E-state index in [1.807, 2.05) is 0 Å². The number of carboxylic acid groups (broad SMARTS) is 1. The van der Waals surface area contributed by atoms with E-state index in [-0.39, 0.29) is 18.1 Å². The molecule has 25 heavy (non-hydrogen) atoms. The number of nitrogens with one attached hydrogen (secondary N) is 1. The number of amides is 1. The van der Waals surface area contributed by atoms with Gasteiger partial charge in [-0.1, -0.05) is 19.3 Å². The van der Waals surface area contributed by atoms with Gasteiger partial charge in [-0.2, -0.15) is 0 Å². The highest BCUT2D eigenvalue weighted by Gasteiger charge is 2.31. The fourth-order valence-corrected chi connectivity index (χ4v) is 3.42. The summed E-state index contributed by atoms with van der Waals surface area (Å²) >= 11 is 0. The van der Waals surface area contributed by atoms with Gasteiger partial charge in [-0.25, -0.2) is 4.98 Å². The average Bonchev–Trinajstić information content (AvgIpc) is 2.99. The fourth-order valence-electron chi connectivity index (χ4n) is 3.42. The Balaban J connectivity index is 1.66. The molecule has 1 amide bonds. The predicted molar refractivity (Wildman–Crippen MR) is 89.6 cm³/mol. The molecule has 1 aromatic rings. The zero-order valence-electron chi connectivity index (χ0n) is 14.1. The van der Waals surface area contributed by atoms with E-state index >= 15 is 0 Å². The van der Waals surface area contributed by atoms with Crippen LogP contribution in [0.2, 0.25) is 0 Å². The first-order chi connectivity index (χ1) is 12.1. The molecule has 1 aromatic heterocycles. The largest absolute Gasteiger partial charge is 0.481 e. The number of aromatic nitrogens is 1. The molecule has 7 heteroatoms. The van der Waals surface area contributed by atoms with Crippen molar-refractivity contribution in [3.8, 4) is 5.88 Å². The number of carbonyl (C=O) groups excluding carboxylic acids is 1. The molecule has 136 valence electrons. The van der Waals surface area contributed by atoms with Crippen LogP contribution in [0, 0.1) is 5.92 Å². The van der Waals surface area contributed by atoms with Gasteiger partial charge >= 0.3 is 5.97 Å².